The smallest absolute Gasteiger partial charge is 0.287 e. The summed E-state index contributed by atoms with van der Waals surface area (Å²) in [7, 11) is 0. The highest BCUT2D eigenvalue weighted by atomic mass is 32.2. The number of hydrogen-bond acceptors (Lipinski definition) is 8. The van der Waals surface area contributed by atoms with Gasteiger partial charge in [-0.1, -0.05) is 11.8 Å². The lowest BCUT2D eigenvalue weighted by Crippen LogP contribution is -2.48. The number of nitrogens with zero attached hydrogens (tertiary/aromatic N) is 5. The van der Waals surface area contributed by atoms with Crippen LogP contribution in [0.1, 0.15) is 34.5 Å². The molecule has 9 nitrogen and oxygen atoms in total. The molecule has 0 bridgehead atoms. The van der Waals surface area contributed by atoms with Crippen molar-refractivity contribution in [3.05, 3.63) is 65.5 Å². The van der Waals surface area contributed by atoms with Gasteiger partial charge in [0, 0.05) is 63.8 Å². The first-order valence-electron chi connectivity index (χ1n) is 10.7. The van der Waals surface area contributed by atoms with Crippen LogP contribution in [-0.2, 0) is 17.1 Å². The van der Waals surface area contributed by atoms with Crippen molar-refractivity contribution in [2.45, 2.75) is 31.3 Å². The van der Waals surface area contributed by atoms with Crippen molar-refractivity contribution in [2.75, 3.05) is 31.1 Å². The molecule has 33 heavy (non-hydrogen) atoms. The average molecular weight is 467 g/mol. The highest BCUT2D eigenvalue weighted by Crippen LogP contribution is 2.24. The van der Waals surface area contributed by atoms with Gasteiger partial charge in [-0.25, -0.2) is 9.97 Å². The van der Waals surface area contributed by atoms with Crippen LogP contribution in [0.3, 0.4) is 0 Å². The quantitative estimate of drug-likeness (QED) is 0.419. The van der Waals surface area contributed by atoms with E-state index in [1.807, 2.05) is 30.0 Å². The van der Waals surface area contributed by atoms with Gasteiger partial charge in [-0.2, -0.15) is 0 Å². The van der Waals surface area contributed by atoms with Crippen molar-refractivity contribution in [2.24, 2.45) is 0 Å². The van der Waals surface area contributed by atoms with Gasteiger partial charge in [-0.05, 0) is 36.8 Å². The Balaban J connectivity index is 1.32. The number of aryl methyl sites for hydroxylation is 1. The molecule has 4 heterocycles. The van der Waals surface area contributed by atoms with Gasteiger partial charge in [-0.3, -0.25) is 14.6 Å². The monoisotopic (exact) mass is 466 g/mol. The molecular formula is C23H26N6O3S. The third-order valence-electron chi connectivity index (χ3n) is 5.30. The molecule has 1 saturated heterocycles. The van der Waals surface area contributed by atoms with E-state index < -0.39 is 0 Å². The van der Waals surface area contributed by atoms with Gasteiger partial charge < -0.3 is 19.5 Å². The topological polar surface area (TPSA) is 104 Å². The second-order valence-electron chi connectivity index (χ2n) is 7.74. The number of furan rings is 1. The van der Waals surface area contributed by atoms with E-state index in [1.165, 1.54) is 11.8 Å². The number of carbonyl (C=O) groups excluding carboxylic acids is 2. The van der Waals surface area contributed by atoms with Crippen molar-refractivity contribution in [1.82, 2.24) is 25.2 Å². The van der Waals surface area contributed by atoms with Gasteiger partial charge in [0.15, 0.2) is 10.9 Å². The molecular weight excluding hydrogens is 440 g/mol. The van der Waals surface area contributed by atoms with Crippen molar-refractivity contribution in [1.29, 1.82) is 0 Å². The van der Waals surface area contributed by atoms with Crippen LogP contribution < -0.4 is 10.2 Å². The molecule has 0 spiro atoms. The van der Waals surface area contributed by atoms with Crippen molar-refractivity contribution >= 4 is 29.4 Å². The second-order valence-corrected chi connectivity index (χ2v) is 8.68. The zero-order valence-electron chi connectivity index (χ0n) is 18.7. The minimum absolute atomic E-state index is 0.105. The predicted octanol–water partition coefficient (Wildman–Crippen LogP) is 2.66. The van der Waals surface area contributed by atoms with Crippen LogP contribution in [0.4, 0.5) is 5.82 Å². The molecule has 3 aromatic rings. The van der Waals surface area contributed by atoms with E-state index in [2.05, 4.69) is 20.2 Å². The summed E-state index contributed by atoms with van der Waals surface area (Å²) in [4.78, 5) is 41.1. The molecule has 1 N–H and O–H groups in total. The summed E-state index contributed by atoms with van der Waals surface area (Å²) in [5, 5.41) is 3.49. The average Bonchev–Trinajstić information content (AvgIpc) is 3.31. The molecule has 4 rings (SSSR count). The Kier molecular flexibility index (Phi) is 7.23. The lowest BCUT2D eigenvalue weighted by atomic mass is 10.2. The van der Waals surface area contributed by atoms with Gasteiger partial charge in [0.25, 0.3) is 5.91 Å². The Hall–Kier alpha value is -3.40. The summed E-state index contributed by atoms with van der Waals surface area (Å²) in [6, 6.07) is 9.14. The Labute approximate surface area is 196 Å². The van der Waals surface area contributed by atoms with Gasteiger partial charge in [0.1, 0.15) is 11.6 Å². The first kappa shape index (κ1) is 22.8. The molecule has 10 heteroatoms. The van der Waals surface area contributed by atoms with Crippen molar-refractivity contribution in [3.8, 4) is 0 Å². The lowest BCUT2D eigenvalue weighted by molar-refractivity contribution is -0.129. The van der Waals surface area contributed by atoms with E-state index in [1.54, 1.807) is 31.5 Å². The largest absolute Gasteiger partial charge is 0.455 e. The Morgan fingerprint density at radius 3 is 2.58 bits per heavy atom. The predicted molar refractivity (Wildman–Crippen MR) is 125 cm³/mol. The van der Waals surface area contributed by atoms with E-state index in [-0.39, 0.29) is 17.6 Å². The van der Waals surface area contributed by atoms with Crippen molar-refractivity contribution in [3.63, 3.8) is 0 Å². The molecule has 1 aliphatic heterocycles. The second kappa shape index (κ2) is 10.5. The fourth-order valence-corrected chi connectivity index (χ4v) is 4.28. The lowest BCUT2D eigenvalue weighted by Gasteiger charge is -2.35. The molecule has 3 aromatic heterocycles. The van der Waals surface area contributed by atoms with Gasteiger partial charge >= 0.3 is 0 Å². The van der Waals surface area contributed by atoms with E-state index in [0.29, 0.717) is 36.3 Å². The zero-order chi connectivity index (χ0) is 23.2. The first-order valence-corrected chi connectivity index (χ1v) is 11.7. The van der Waals surface area contributed by atoms with Crippen LogP contribution in [-0.4, -0.2) is 57.8 Å². The number of aromatic nitrogens is 3. The molecule has 1 fully saturated rings. The van der Waals surface area contributed by atoms with Crippen LogP contribution in [0.2, 0.25) is 0 Å². The number of piperazine rings is 1. The fraction of sp³-hybridized carbons (Fsp3) is 0.348. The summed E-state index contributed by atoms with van der Waals surface area (Å²) in [6.45, 7) is 6.83. The van der Waals surface area contributed by atoms with Crippen LogP contribution in [0.5, 0.6) is 0 Å². The Morgan fingerprint density at radius 2 is 1.85 bits per heavy atom. The van der Waals surface area contributed by atoms with Crippen molar-refractivity contribution < 1.29 is 14.0 Å². The maximum Gasteiger partial charge on any atom is 0.287 e. The van der Waals surface area contributed by atoms with Gasteiger partial charge in [-0.15, -0.1) is 0 Å². The SMILES string of the molecule is CC(=O)N1CCN(c2cc(C)nc(SCc3ccc(C(=O)NCc4ccncc4)o3)n2)CC1. The minimum atomic E-state index is -0.262. The molecule has 2 amide bonds. The fourth-order valence-electron chi connectivity index (χ4n) is 3.49. The Bertz CT molecular complexity index is 1110. The number of carbonyl (C=O) groups is 2. The number of amides is 2. The Morgan fingerprint density at radius 1 is 1.09 bits per heavy atom. The molecule has 0 atom stereocenters. The summed E-state index contributed by atoms with van der Waals surface area (Å²) < 4.78 is 5.72. The molecule has 0 unspecified atom stereocenters. The third-order valence-corrected chi connectivity index (χ3v) is 6.17. The number of rotatable bonds is 7. The molecule has 0 radical (unpaired) electrons. The number of thioether (sulfide) groups is 1. The zero-order valence-corrected chi connectivity index (χ0v) is 19.5. The maximum atomic E-state index is 12.4. The number of nitrogens with one attached hydrogen (secondary N) is 1. The summed E-state index contributed by atoms with van der Waals surface area (Å²) in [5.74, 6) is 2.17. The third kappa shape index (κ3) is 6.10. The number of pyridine rings is 1. The van der Waals surface area contributed by atoms with Gasteiger partial charge in [0.2, 0.25) is 5.91 Å². The number of hydrogen-bond donors (Lipinski definition) is 1. The summed E-state index contributed by atoms with van der Waals surface area (Å²) in [6.07, 6.45) is 3.38. The van der Waals surface area contributed by atoms with E-state index in [0.717, 1.165) is 30.2 Å². The molecule has 172 valence electrons. The van der Waals surface area contributed by atoms with Crippen LogP contribution in [0.25, 0.3) is 0 Å². The van der Waals surface area contributed by atoms with Crippen LogP contribution in [0.15, 0.2) is 52.3 Å². The molecule has 0 aromatic carbocycles. The normalized spacial score (nSPS) is 13.8. The molecule has 1 aliphatic rings. The summed E-state index contributed by atoms with van der Waals surface area (Å²) >= 11 is 1.46. The minimum Gasteiger partial charge on any atom is -0.455 e. The van der Waals surface area contributed by atoms with Crippen LogP contribution >= 0.6 is 11.8 Å². The first-order chi connectivity index (χ1) is 16.0. The standard InChI is InChI=1S/C23H26N6O3S/c1-16-13-21(29-11-9-28(10-12-29)17(2)30)27-23(26-16)33-15-19-3-4-20(32-19)22(31)25-14-18-5-7-24-8-6-18/h3-8,13H,9-12,14-15H2,1-2H3,(H,25,31). The van der Waals surface area contributed by atoms with Gasteiger partial charge in [0.05, 0.1) is 5.75 Å². The van der Waals surface area contributed by atoms with E-state index in [9.17, 15) is 9.59 Å². The van der Waals surface area contributed by atoms with E-state index >= 15 is 0 Å². The highest BCUT2D eigenvalue weighted by molar-refractivity contribution is 7.98. The van der Waals surface area contributed by atoms with E-state index in [4.69, 9.17) is 9.40 Å². The molecule has 0 aliphatic carbocycles. The number of anilines is 1. The van der Waals surface area contributed by atoms with Crippen LogP contribution in [0, 0.1) is 6.92 Å². The maximum absolute atomic E-state index is 12.4. The molecule has 0 saturated carbocycles. The highest BCUT2D eigenvalue weighted by Gasteiger charge is 2.20. The summed E-state index contributed by atoms with van der Waals surface area (Å²) in [5.41, 5.74) is 1.85.